The number of amides is 3. The van der Waals surface area contributed by atoms with Gasteiger partial charge in [-0.15, -0.1) is 0 Å². The summed E-state index contributed by atoms with van der Waals surface area (Å²) in [6.07, 6.45) is -0.262. The smallest absolute Gasteiger partial charge is 0.411 e. The Hall–Kier alpha value is -4.20. The van der Waals surface area contributed by atoms with E-state index in [0.717, 1.165) is 17.5 Å². The van der Waals surface area contributed by atoms with E-state index < -0.39 is 18.2 Å². The molecule has 0 aliphatic carbocycles. The quantitative estimate of drug-likeness (QED) is 0.446. The molecule has 8 heteroatoms. The molecule has 1 heterocycles. The third kappa shape index (κ3) is 6.07. The van der Waals surface area contributed by atoms with E-state index in [1.807, 2.05) is 37.3 Å². The molecular formula is C28H28FN3O4. The molecule has 1 aliphatic rings. The molecule has 0 saturated carbocycles. The largest absolute Gasteiger partial charge is 0.438 e. The molecule has 36 heavy (non-hydrogen) atoms. The predicted octanol–water partition coefficient (Wildman–Crippen LogP) is 4.94. The number of cyclic esters (lactones) is 1. The van der Waals surface area contributed by atoms with Gasteiger partial charge in [0.05, 0.1) is 6.54 Å². The van der Waals surface area contributed by atoms with Gasteiger partial charge in [0.25, 0.3) is 0 Å². The monoisotopic (exact) mass is 489 g/mol. The number of benzene rings is 3. The number of ether oxygens (including phenoxy) is 1. The molecule has 186 valence electrons. The minimum absolute atomic E-state index is 0.0790. The van der Waals surface area contributed by atoms with Gasteiger partial charge in [-0.25, -0.2) is 9.18 Å². The Morgan fingerprint density at radius 1 is 0.944 bits per heavy atom. The normalized spacial score (nSPS) is 16.9. The van der Waals surface area contributed by atoms with Gasteiger partial charge in [-0.3, -0.25) is 14.5 Å². The zero-order valence-electron chi connectivity index (χ0n) is 19.9. The first kappa shape index (κ1) is 24.9. The topological polar surface area (TPSA) is 87.7 Å². The van der Waals surface area contributed by atoms with Crippen molar-refractivity contribution >= 4 is 23.6 Å². The van der Waals surface area contributed by atoms with Gasteiger partial charge in [0.15, 0.2) is 12.1 Å². The van der Waals surface area contributed by atoms with Crippen molar-refractivity contribution < 1.29 is 23.5 Å². The second-order valence-electron chi connectivity index (χ2n) is 8.63. The Balaban J connectivity index is 1.55. The van der Waals surface area contributed by atoms with Crippen LogP contribution in [0.4, 0.5) is 14.9 Å². The van der Waals surface area contributed by atoms with E-state index in [-0.39, 0.29) is 30.7 Å². The Morgan fingerprint density at radius 2 is 1.64 bits per heavy atom. The lowest BCUT2D eigenvalue weighted by Gasteiger charge is -2.24. The van der Waals surface area contributed by atoms with E-state index in [4.69, 9.17) is 4.74 Å². The van der Waals surface area contributed by atoms with Crippen molar-refractivity contribution in [3.8, 4) is 0 Å². The summed E-state index contributed by atoms with van der Waals surface area (Å²) < 4.78 is 18.9. The van der Waals surface area contributed by atoms with Crippen LogP contribution < -0.4 is 10.6 Å². The fourth-order valence-corrected chi connectivity index (χ4v) is 4.09. The molecule has 0 radical (unpaired) electrons. The van der Waals surface area contributed by atoms with Crippen LogP contribution in [0.25, 0.3) is 0 Å². The lowest BCUT2D eigenvalue weighted by atomic mass is 10.00. The molecule has 0 spiro atoms. The summed E-state index contributed by atoms with van der Waals surface area (Å²) in [4.78, 5) is 39.6. The molecule has 3 amide bonds. The van der Waals surface area contributed by atoms with Crippen molar-refractivity contribution in [2.24, 2.45) is 0 Å². The molecular weight excluding hydrogens is 461 g/mol. The van der Waals surface area contributed by atoms with Gasteiger partial charge in [-0.1, -0.05) is 61.5 Å². The molecule has 2 unspecified atom stereocenters. The second-order valence-corrected chi connectivity index (χ2v) is 8.63. The van der Waals surface area contributed by atoms with Crippen molar-refractivity contribution in [3.63, 3.8) is 0 Å². The van der Waals surface area contributed by atoms with Crippen molar-refractivity contribution in [2.45, 2.75) is 45.0 Å². The van der Waals surface area contributed by atoms with Crippen molar-refractivity contribution in [1.29, 1.82) is 0 Å². The Morgan fingerprint density at radius 3 is 2.31 bits per heavy atom. The van der Waals surface area contributed by atoms with Gasteiger partial charge >= 0.3 is 6.09 Å². The van der Waals surface area contributed by atoms with Crippen LogP contribution in [-0.2, 0) is 27.4 Å². The van der Waals surface area contributed by atoms with Crippen LogP contribution in [-0.4, -0.2) is 28.8 Å². The van der Waals surface area contributed by atoms with Gasteiger partial charge in [-0.05, 0) is 47.4 Å². The molecule has 0 aromatic heterocycles. The number of nitrogens with one attached hydrogen (secondary N) is 2. The van der Waals surface area contributed by atoms with E-state index in [0.29, 0.717) is 17.7 Å². The van der Waals surface area contributed by atoms with Crippen LogP contribution in [0.2, 0.25) is 0 Å². The highest BCUT2D eigenvalue weighted by Gasteiger charge is 2.46. The molecule has 3 aromatic carbocycles. The Bertz CT molecular complexity index is 1200. The predicted molar refractivity (Wildman–Crippen MR) is 133 cm³/mol. The molecule has 2 N–H and O–H groups in total. The minimum Gasteiger partial charge on any atom is -0.438 e. The van der Waals surface area contributed by atoms with Crippen LogP contribution in [0.15, 0.2) is 78.9 Å². The van der Waals surface area contributed by atoms with Crippen molar-refractivity contribution in [1.82, 2.24) is 10.2 Å². The first-order chi connectivity index (χ1) is 17.4. The number of halogens is 1. The molecule has 2 atom stereocenters. The van der Waals surface area contributed by atoms with E-state index in [1.165, 1.54) is 17.0 Å². The Labute approximate surface area is 209 Å². The molecule has 1 fully saturated rings. The highest BCUT2D eigenvalue weighted by atomic mass is 19.1. The number of nitrogens with zero attached hydrogens (tertiary/aromatic N) is 1. The minimum atomic E-state index is -0.918. The van der Waals surface area contributed by atoms with Gasteiger partial charge < -0.3 is 15.4 Å². The Kier molecular flexibility index (Phi) is 7.95. The summed E-state index contributed by atoms with van der Waals surface area (Å²) in [5.41, 5.74) is 2.85. The molecule has 0 bridgehead atoms. The van der Waals surface area contributed by atoms with Crippen LogP contribution in [0.3, 0.4) is 0 Å². The van der Waals surface area contributed by atoms with Gasteiger partial charge in [0.2, 0.25) is 11.8 Å². The van der Waals surface area contributed by atoms with E-state index in [1.54, 1.807) is 36.4 Å². The van der Waals surface area contributed by atoms with Crippen molar-refractivity contribution in [3.05, 3.63) is 101 Å². The summed E-state index contributed by atoms with van der Waals surface area (Å²) in [7, 11) is 0. The molecule has 3 aromatic rings. The number of carbonyl (C=O) groups is 3. The van der Waals surface area contributed by atoms with Gasteiger partial charge in [-0.2, -0.15) is 0 Å². The van der Waals surface area contributed by atoms with Crippen LogP contribution in [0.5, 0.6) is 0 Å². The van der Waals surface area contributed by atoms with Gasteiger partial charge in [0.1, 0.15) is 5.82 Å². The lowest BCUT2D eigenvalue weighted by Crippen LogP contribution is -2.46. The highest BCUT2D eigenvalue weighted by molar-refractivity contribution is 5.91. The summed E-state index contributed by atoms with van der Waals surface area (Å²) in [6, 6.07) is 21.2. The first-order valence-corrected chi connectivity index (χ1v) is 11.9. The lowest BCUT2D eigenvalue weighted by molar-refractivity contribution is -0.126. The van der Waals surface area contributed by atoms with Crippen LogP contribution in [0.1, 0.15) is 42.6 Å². The number of hydrogen-bond donors (Lipinski definition) is 2. The summed E-state index contributed by atoms with van der Waals surface area (Å²) in [5, 5.41) is 5.68. The van der Waals surface area contributed by atoms with E-state index in [9.17, 15) is 18.8 Å². The molecule has 1 saturated heterocycles. The molecule has 1 aliphatic heterocycles. The highest BCUT2D eigenvalue weighted by Crippen LogP contribution is 2.34. The third-order valence-corrected chi connectivity index (χ3v) is 5.93. The summed E-state index contributed by atoms with van der Waals surface area (Å²) in [6.45, 7) is 2.31. The number of hydrogen-bond acceptors (Lipinski definition) is 4. The molecule has 4 rings (SSSR count). The number of carbonyl (C=O) groups excluding carboxylic acids is 3. The average molecular weight is 490 g/mol. The first-order valence-electron chi connectivity index (χ1n) is 11.9. The second kappa shape index (κ2) is 11.5. The fraction of sp³-hybridized carbons (Fsp3) is 0.250. The van der Waals surface area contributed by atoms with E-state index in [2.05, 4.69) is 10.6 Å². The zero-order chi connectivity index (χ0) is 25.5. The maximum Gasteiger partial charge on any atom is 0.411 e. The van der Waals surface area contributed by atoms with E-state index >= 15 is 0 Å². The fourth-order valence-electron chi connectivity index (χ4n) is 4.09. The summed E-state index contributed by atoms with van der Waals surface area (Å²) >= 11 is 0. The zero-order valence-corrected chi connectivity index (χ0v) is 19.9. The number of rotatable bonds is 9. The number of anilines is 1. The van der Waals surface area contributed by atoms with Gasteiger partial charge in [0, 0.05) is 18.7 Å². The SMILES string of the molecule is CCCC(=O)Nc1ccc(C2OC(=O)N(Cc3ccccc3)C2C(=O)NCc2ccc(F)cc2)cc1. The summed E-state index contributed by atoms with van der Waals surface area (Å²) in [5.74, 6) is -0.820. The standard InChI is InChI=1S/C28H28FN3O4/c1-2-6-24(33)31-23-15-11-21(12-16-23)26-25(27(34)30-17-19-9-13-22(29)14-10-19)32(28(35)36-26)18-20-7-4-3-5-8-20/h3-5,7-16,25-26H,2,6,17-18H2,1H3,(H,30,34)(H,31,33). The van der Waals surface area contributed by atoms with Crippen LogP contribution >= 0.6 is 0 Å². The molecule has 7 nitrogen and oxygen atoms in total. The average Bonchev–Trinajstić information content (AvgIpc) is 3.20. The van der Waals surface area contributed by atoms with Crippen molar-refractivity contribution in [2.75, 3.05) is 5.32 Å². The third-order valence-electron chi connectivity index (χ3n) is 5.93. The maximum absolute atomic E-state index is 13.4. The maximum atomic E-state index is 13.4. The van der Waals surface area contributed by atoms with Crippen LogP contribution in [0, 0.1) is 5.82 Å².